The number of rotatable bonds is 2. The number of carbonyl (C=O) groups is 1. The van der Waals surface area contributed by atoms with Crippen LogP contribution in [0.3, 0.4) is 0 Å². The number of anilines is 1. The third-order valence-electron chi connectivity index (χ3n) is 3.15. The lowest BCUT2D eigenvalue weighted by Gasteiger charge is -2.11. The molecule has 1 N–H and O–H groups in total. The Morgan fingerprint density at radius 1 is 1.56 bits per heavy atom. The number of hydrogen-bond acceptors (Lipinski definition) is 4. The summed E-state index contributed by atoms with van der Waals surface area (Å²) in [6, 6.07) is 4.49. The van der Waals surface area contributed by atoms with E-state index in [1.165, 1.54) is 18.2 Å². The van der Waals surface area contributed by atoms with Crippen molar-refractivity contribution in [2.75, 3.05) is 18.0 Å². The molecule has 1 aliphatic heterocycles. The molecule has 0 bridgehead atoms. The van der Waals surface area contributed by atoms with Crippen molar-refractivity contribution in [3.63, 3.8) is 0 Å². The Kier molecular flexibility index (Phi) is 2.43. The number of nitrogens with zero attached hydrogens (tertiary/aromatic N) is 2. The van der Waals surface area contributed by atoms with Crippen molar-refractivity contribution < 1.29 is 18.7 Å². The van der Waals surface area contributed by atoms with Gasteiger partial charge in [-0.2, -0.15) is 4.98 Å². The Balaban J connectivity index is 1.89. The first-order valence-corrected chi connectivity index (χ1v) is 5.67. The van der Waals surface area contributed by atoms with E-state index in [-0.39, 0.29) is 5.82 Å². The highest BCUT2D eigenvalue weighted by atomic mass is 19.1. The van der Waals surface area contributed by atoms with Crippen molar-refractivity contribution in [3.8, 4) is 0 Å². The van der Waals surface area contributed by atoms with E-state index in [9.17, 15) is 9.18 Å². The molecule has 1 aromatic heterocycles. The number of hydrogen-bond donors (Lipinski definition) is 1. The summed E-state index contributed by atoms with van der Waals surface area (Å²) in [6.45, 7) is 0.969. The van der Waals surface area contributed by atoms with Gasteiger partial charge in [0.15, 0.2) is 5.58 Å². The molecule has 2 heterocycles. The Bertz CT molecular complexity index is 610. The fourth-order valence-electron chi connectivity index (χ4n) is 2.16. The molecule has 1 aromatic carbocycles. The van der Waals surface area contributed by atoms with E-state index in [0.717, 1.165) is 0 Å². The zero-order chi connectivity index (χ0) is 12.7. The molecule has 0 saturated carbocycles. The van der Waals surface area contributed by atoms with E-state index < -0.39 is 11.9 Å². The lowest BCUT2D eigenvalue weighted by Crippen LogP contribution is -2.22. The van der Waals surface area contributed by atoms with Crippen LogP contribution in [-0.4, -0.2) is 29.1 Å². The fraction of sp³-hybridized carbons (Fsp3) is 0.333. The van der Waals surface area contributed by atoms with Gasteiger partial charge in [-0.05, 0) is 18.6 Å². The summed E-state index contributed by atoms with van der Waals surface area (Å²) in [7, 11) is 0. The highest BCUT2D eigenvalue weighted by molar-refractivity contribution is 5.75. The Morgan fingerprint density at radius 3 is 3.11 bits per heavy atom. The molecular formula is C12H11FN2O3. The fourth-order valence-corrected chi connectivity index (χ4v) is 2.16. The average molecular weight is 250 g/mol. The van der Waals surface area contributed by atoms with Crippen LogP contribution >= 0.6 is 0 Å². The van der Waals surface area contributed by atoms with E-state index >= 15 is 0 Å². The van der Waals surface area contributed by atoms with Crippen molar-refractivity contribution in [2.45, 2.75) is 6.42 Å². The van der Waals surface area contributed by atoms with Crippen LogP contribution in [0.2, 0.25) is 0 Å². The van der Waals surface area contributed by atoms with Crippen LogP contribution in [0.25, 0.3) is 11.1 Å². The molecule has 1 fully saturated rings. The first-order chi connectivity index (χ1) is 8.63. The summed E-state index contributed by atoms with van der Waals surface area (Å²) < 4.78 is 18.5. The number of carboxylic acid groups (broad SMARTS) is 1. The van der Waals surface area contributed by atoms with Crippen LogP contribution in [0, 0.1) is 11.7 Å². The predicted molar refractivity (Wildman–Crippen MR) is 61.9 cm³/mol. The van der Waals surface area contributed by atoms with Gasteiger partial charge in [-0.1, -0.05) is 0 Å². The number of aromatic nitrogens is 1. The molecule has 18 heavy (non-hydrogen) atoms. The summed E-state index contributed by atoms with van der Waals surface area (Å²) in [5.41, 5.74) is 0.953. The van der Waals surface area contributed by atoms with Crippen LogP contribution in [0.5, 0.6) is 0 Å². The van der Waals surface area contributed by atoms with Crippen LogP contribution in [-0.2, 0) is 4.79 Å². The van der Waals surface area contributed by atoms with E-state index in [4.69, 9.17) is 9.52 Å². The average Bonchev–Trinajstić information content (AvgIpc) is 2.93. The minimum Gasteiger partial charge on any atom is -0.481 e. The van der Waals surface area contributed by atoms with Gasteiger partial charge in [0.1, 0.15) is 11.3 Å². The molecule has 1 atom stereocenters. The summed E-state index contributed by atoms with van der Waals surface area (Å²) in [6.07, 6.45) is 0.572. The zero-order valence-electron chi connectivity index (χ0n) is 9.47. The molecule has 1 aliphatic rings. The molecule has 1 saturated heterocycles. The van der Waals surface area contributed by atoms with Crippen molar-refractivity contribution in [3.05, 3.63) is 24.0 Å². The Morgan fingerprint density at radius 2 is 2.39 bits per heavy atom. The van der Waals surface area contributed by atoms with Gasteiger partial charge in [0.2, 0.25) is 0 Å². The molecule has 0 amide bonds. The second-order valence-electron chi connectivity index (χ2n) is 4.38. The third-order valence-corrected chi connectivity index (χ3v) is 3.15. The number of fused-ring (bicyclic) bond motifs is 1. The van der Waals surface area contributed by atoms with E-state index in [1.807, 2.05) is 0 Å². The Hall–Kier alpha value is -2.11. The lowest BCUT2D eigenvalue weighted by molar-refractivity contribution is -0.140. The maximum absolute atomic E-state index is 13.0. The molecule has 2 aromatic rings. The first-order valence-electron chi connectivity index (χ1n) is 5.67. The number of halogens is 1. The van der Waals surface area contributed by atoms with Gasteiger partial charge in [0.05, 0.1) is 5.92 Å². The van der Waals surface area contributed by atoms with Crippen molar-refractivity contribution in [1.82, 2.24) is 4.98 Å². The van der Waals surface area contributed by atoms with Crippen molar-refractivity contribution >= 4 is 23.1 Å². The maximum Gasteiger partial charge on any atom is 0.308 e. The number of oxazole rings is 1. The predicted octanol–water partition coefficient (Wildman–Crippen LogP) is 1.88. The maximum atomic E-state index is 13.0. The number of carboxylic acids is 1. The van der Waals surface area contributed by atoms with Gasteiger partial charge in [0.25, 0.3) is 6.01 Å². The van der Waals surface area contributed by atoms with Crippen LogP contribution in [0.1, 0.15) is 6.42 Å². The molecule has 0 aliphatic carbocycles. The van der Waals surface area contributed by atoms with Gasteiger partial charge >= 0.3 is 5.97 Å². The van der Waals surface area contributed by atoms with Gasteiger partial charge in [-0.15, -0.1) is 0 Å². The smallest absolute Gasteiger partial charge is 0.308 e. The molecule has 6 heteroatoms. The molecule has 5 nitrogen and oxygen atoms in total. The second kappa shape index (κ2) is 3.97. The number of aliphatic carboxylic acids is 1. The highest BCUT2D eigenvalue weighted by Crippen LogP contribution is 2.27. The summed E-state index contributed by atoms with van der Waals surface area (Å²) >= 11 is 0. The summed E-state index contributed by atoms with van der Waals surface area (Å²) in [5, 5.41) is 8.93. The SMILES string of the molecule is O=C(O)C1CCN(c2nc3cc(F)ccc3o2)C1. The largest absolute Gasteiger partial charge is 0.481 e. The summed E-state index contributed by atoms with van der Waals surface area (Å²) in [4.78, 5) is 16.8. The summed E-state index contributed by atoms with van der Waals surface area (Å²) in [5.74, 6) is -1.57. The Labute approximate surface area is 102 Å². The second-order valence-corrected chi connectivity index (χ2v) is 4.38. The molecule has 3 rings (SSSR count). The standard InChI is InChI=1S/C12H11FN2O3/c13-8-1-2-10-9(5-8)14-12(18-10)15-4-3-7(6-15)11(16)17/h1-2,5,7H,3-4,6H2,(H,16,17). The molecule has 0 radical (unpaired) electrons. The highest BCUT2D eigenvalue weighted by Gasteiger charge is 2.30. The van der Waals surface area contributed by atoms with E-state index in [0.29, 0.717) is 36.6 Å². The normalized spacial score (nSPS) is 19.6. The minimum absolute atomic E-state index is 0.361. The van der Waals surface area contributed by atoms with Gasteiger partial charge in [0, 0.05) is 19.2 Å². The van der Waals surface area contributed by atoms with Crippen molar-refractivity contribution in [1.29, 1.82) is 0 Å². The van der Waals surface area contributed by atoms with Gasteiger partial charge in [-0.25, -0.2) is 4.39 Å². The monoisotopic (exact) mass is 250 g/mol. The third kappa shape index (κ3) is 1.79. The molecule has 94 valence electrons. The molecule has 0 spiro atoms. The van der Waals surface area contributed by atoms with Crippen LogP contribution in [0.4, 0.5) is 10.4 Å². The van der Waals surface area contributed by atoms with E-state index in [2.05, 4.69) is 4.98 Å². The zero-order valence-corrected chi connectivity index (χ0v) is 9.47. The molecule has 1 unspecified atom stereocenters. The molecular weight excluding hydrogens is 239 g/mol. The van der Waals surface area contributed by atoms with Crippen LogP contribution < -0.4 is 4.90 Å². The van der Waals surface area contributed by atoms with Crippen LogP contribution in [0.15, 0.2) is 22.6 Å². The van der Waals surface area contributed by atoms with Gasteiger partial charge < -0.3 is 14.4 Å². The lowest BCUT2D eigenvalue weighted by atomic mass is 10.1. The van der Waals surface area contributed by atoms with Crippen molar-refractivity contribution in [2.24, 2.45) is 5.92 Å². The topological polar surface area (TPSA) is 66.6 Å². The number of benzene rings is 1. The quantitative estimate of drug-likeness (QED) is 0.881. The minimum atomic E-state index is -0.806. The first kappa shape index (κ1) is 11.0. The van der Waals surface area contributed by atoms with E-state index in [1.54, 1.807) is 4.90 Å². The van der Waals surface area contributed by atoms with Gasteiger partial charge in [-0.3, -0.25) is 4.79 Å².